The minimum atomic E-state index is 0.343. The lowest BCUT2D eigenvalue weighted by Gasteiger charge is -2.02. The molecule has 0 amide bonds. The monoisotopic (exact) mass is 236 g/mol. The number of aromatic nitrogens is 3. The van der Waals surface area contributed by atoms with Crippen molar-refractivity contribution in [2.45, 2.75) is 13.7 Å². The first-order valence-electron chi connectivity index (χ1n) is 4.90. The van der Waals surface area contributed by atoms with E-state index in [0.717, 1.165) is 16.6 Å². The molecule has 0 fully saturated rings. The maximum absolute atomic E-state index is 5.64. The predicted octanol–water partition coefficient (Wildman–Crippen LogP) is 1.06. The van der Waals surface area contributed by atoms with Gasteiger partial charge in [-0.2, -0.15) is 0 Å². The molecule has 0 aliphatic heterocycles. The van der Waals surface area contributed by atoms with Gasteiger partial charge in [-0.05, 0) is 6.92 Å². The van der Waals surface area contributed by atoms with Crippen LogP contribution >= 0.6 is 12.2 Å². The summed E-state index contributed by atoms with van der Waals surface area (Å²) in [6.45, 7) is 3.02. The van der Waals surface area contributed by atoms with Gasteiger partial charge in [-0.1, -0.05) is 12.2 Å². The summed E-state index contributed by atoms with van der Waals surface area (Å²) in [6, 6.07) is 0. The topological polar surface area (TPSA) is 66.0 Å². The molecule has 0 atom stereocenters. The van der Waals surface area contributed by atoms with Crippen LogP contribution in [-0.4, -0.2) is 26.1 Å². The molecule has 2 aromatic heterocycles. The molecule has 16 heavy (non-hydrogen) atoms. The summed E-state index contributed by atoms with van der Waals surface area (Å²) in [4.78, 5) is 8.51. The van der Waals surface area contributed by atoms with Crippen LogP contribution in [0.5, 0.6) is 0 Å². The number of nitrogens with two attached hydrogens (primary N) is 1. The molecule has 0 aromatic carbocycles. The van der Waals surface area contributed by atoms with Crippen LogP contribution in [0.3, 0.4) is 0 Å². The molecule has 2 aromatic rings. The summed E-state index contributed by atoms with van der Waals surface area (Å²) in [5.74, 6) is 0. The largest absolute Gasteiger partial charge is 0.389 e. The second kappa shape index (κ2) is 4.54. The third kappa shape index (κ3) is 1.89. The Labute approximate surface area is 98.2 Å². The third-order valence-electron chi connectivity index (χ3n) is 2.24. The van der Waals surface area contributed by atoms with Crippen molar-refractivity contribution < 1.29 is 4.74 Å². The van der Waals surface area contributed by atoms with Crippen molar-refractivity contribution in [1.82, 2.24) is 14.5 Å². The molecule has 0 saturated heterocycles. The summed E-state index contributed by atoms with van der Waals surface area (Å²) in [7, 11) is 0. The predicted molar refractivity (Wildman–Crippen MR) is 65.0 cm³/mol. The molecule has 2 rings (SSSR count). The Hall–Kier alpha value is -1.53. The van der Waals surface area contributed by atoms with Gasteiger partial charge < -0.3 is 15.0 Å². The quantitative estimate of drug-likeness (QED) is 0.804. The zero-order chi connectivity index (χ0) is 11.5. The molecule has 2 N–H and O–H groups in total. The Kier molecular flexibility index (Phi) is 3.12. The maximum Gasteiger partial charge on any atom is 0.145 e. The number of fused-ring (bicyclic) bond motifs is 1. The molecule has 0 unspecified atom stereocenters. The normalized spacial score (nSPS) is 10.8. The minimum Gasteiger partial charge on any atom is -0.389 e. The van der Waals surface area contributed by atoms with E-state index >= 15 is 0 Å². The lowest BCUT2D eigenvalue weighted by atomic mass is 10.2. The summed E-state index contributed by atoms with van der Waals surface area (Å²) < 4.78 is 7.21. The maximum atomic E-state index is 5.64. The smallest absolute Gasteiger partial charge is 0.145 e. The van der Waals surface area contributed by atoms with Crippen molar-refractivity contribution >= 4 is 28.2 Å². The zero-order valence-electron chi connectivity index (χ0n) is 8.88. The van der Waals surface area contributed by atoms with Crippen LogP contribution in [0, 0.1) is 0 Å². The lowest BCUT2D eigenvalue weighted by Crippen LogP contribution is -2.08. The molecule has 0 saturated carbocycles. The van der Waals surface area contributed by atoms with Crippen LogP contribution in [0.1, 0.15) is 12.5 Å². The van der Waals surface area contributed by atoms with E-state index in [1.807, 2.05) is 17.7 Å². The molecule has 0 aliphatic carbocycles. The Bertz CT molecular complexity index is 523. The Morgan fingerprint density at radius 3 is 3.12 bits per heavy atom. The van der Waals surface area contributed by atoms with Crippen molar-refractivity contribution in [1.29, 1.82) is 0 Å². The fraction of sp³-hybridized carbons (Fsp3) is 0.300. The number of hydrogen-bond donors (Lipinski definition) is 1. The van der Waals surface area contributed by atoms with Gasteiger partial charge >= 0.3 is 0 Å². The molecular formula is C10H12N4OS. The van der Waals surface area contributed by atoms with Crippen LogP contribution in [0.25, 0.3) is 11.0 Å². The molecular weight excluding hydrogens is 224 g/mol. The zero-order valence-corrected chi connectivity index (χ0v) is 9.70. The van der Waals surface area contributed by atoms with Crippen LogP contribution in [0.15, 0.2) is 18.7 Å². The van der Waals surface area contributed by atoms with Crippen molar-refractivity contribution in [2.24, 2.45) is 5.73 Å². The van der Waals surface area contributed by atoms with Crippen molar-refractivity contribution in [3.05, 3.63) is 24.3 Å². The van der Waals surface area contributed by atoms with Gasteiger partial charge in [-0.15, -0.1) is 0 Å². The molecule has 84 valence electrons. The number of rotatable bonds is 4. The molecule has 0 aliphatic rings. The molecule has 2 heterocycles. The van der Waals surface area contributed by atoms with E-state index in [4.69, 9.17) is 22.7 Å². The van der Waals surface area contributed by atoms with Gasteiger partial charge in [0.15, 0.2) is 0 Å². The van der Waals surface area contributed by atoms with Crippen LogP contribution in [-0.2, 0) is 11.5 Å². The van der Waals surface area contributed by atoms with E-state index in [2.05, 4.69) is 9.97 Å². The first kappa shape index (κ1) is 11.0. The lowest BCUT2D eigenvalue weighted by molar-refractivity contribution is 0.0905. The molecule has 0 bridgehead atoms. The summed E-state index contributed by atoms with van der Waals surface area (Å²) in [5, 5.41) is 0.856. The van der Waals surface area contributed by atoms with Gasteiger partial charge in [-0.25, -0.2) is 9.97 Å². The van der Waals surface area contributed by atoms with Crippen LogP contribution < -0.4 is 5.73 Å². The molecule has 5 nitrogen and oxygen atoms in total. The molecule has 6 heteroatoms. The Morgan fingerprint density at radius 1 is 1.62 bits per heavy atom. The van der Waals surface area contributed by atoms with Gasteiger partial charge in [0.05, 0.1) is 0 Å². The SMILES string of the molecule is CCOCn1cc(C(N)=S)c2cncnc21. The summed E-state index contributed by atoms with van der Waals surface area (Å²) >= 11 is 4.98. The molecule has 0 spiro atoms. The van der Waals surface area contributed by atoms with E-state index in [1.165, 1.54) is 6.33 Å². The van der Waals surface area contributed by atoms with E-state index in [9.17, 15) is 0 Å². The van der Waals surface area contributed by atoms with Gasteiger partial charge in [0.1, 0.15) is 23.7 Å². The van der Waals surface area contributed by atoms with Crippen LogP contribution in [0.2, 0.25) is 0 Å². The number of ether oxygens (including phenoxy) is 1. The first-order chi connectivity index (χ1) is 7.74. The van der Waals surface area contributed by atoms with E-state index in [0.29, 0.717) is 18.3 Å². The van der Waals surface area contributed by atoms with E-state index in [1.54, 1.807) is 6.20 Å². The van der Waals surface area contributed by atoms with Gasteiger partial charge in [0.25, 0.3) is 0 Å². The van der Waals surface area contributed by atoms with E-state index in [-0.39, 0.29) is 0 Å². The van der Waals surface area contributed by atoms with Crippen molar-refractivity contribution in [3.63, 3.8) is 0 Å². The number of hydrogen-bond acceptors (Lipinski definition) is 4. The Morgan fingerprint density at radius 2 is 2.44 bits per heavy atom. The highest BCUT2D eigenvalue weighted by molar-refractivity contribution is 7.80. The minimum absolute atomic E-state index is 0.343. The van der Waals surface area contributed by atoms with Gasteiger partial charge in [0.2, 0.25) is 0 Å². The fourth-order valence-electron chi connectivity index (χ4n) is 1.51. The van der Waals surface area contributed by atoms with Crippen molar-refractivity contribution in [3.8, 4) is 0 Å². The average Bonchev–Trinajstić information content (AvgIpc) is 2.65. The fourth-order valence-corrected chi connectivity index (χ4v) is 1.68. The molecule has 0 radical (unpaired) electrons. The van der Waals surface area contributed by atoms with Crippen molar-refractivity contribution in [2.75, 3.05) is 6.61 Å². The number of nitrogens with zero attached hydrogens (tertiary/aromatic N) is 3. The van der Waals surface area contributed by atoms with Crippen LogP contribution in [0.4, 0.5) is 0 Å². The summed E-state index contributed by atoms with van der Waals surface area (Å²) in [6.07, 6.45) is 5.05. The second-order valence-corrected chi connectivity index (χ2v) is 3.70. The van der Waals surface area contributed by atoms with Gasteiger partial charge in [-0.3, -0.25) is 0 Å². The highest BCUT2D eigenvalue weighted by Crippen LogP contribution is 2.18. The highest BCUT2D eigenvalue weighted by atomic mass is 32.1. The second-order valence-electron chi connectivity index (χ2n) is 3.26. The average molecular weight is 236 g/mol. The van der Waals surface area contributed by atoms with E-state index < -0.39 is 0 Å². The first-order valence-corrected chi connectivity index (χ1v) is 5.31. The number of thiocarbonyl (C=S) groups is 1. The third-order valence-corrected chi connectivity index (χ3v) is 2.46. The highest BCUT2D eigenvalue weighted by Gasteiger charge is 2.11. The standard InChI is InChI=1S/C10H12N4OS/c1-2-15-6-14-4-8(9(11)16)7-3-12-5-13-10(7)14/h3-5H,2,6H2,1H3,(H2,11,16). The van der Waals surface area contributed by atoms with Gasteiger partial charge in [0, 0.05) is 30.0 Å². The Balaban J connectivity index is 2.53. The summed E-state index contributed by atoms with van der Waals surface area (Å²) in [5.41, 5.74) is 7.21.